The number of benzene rings is 2. The molecule has 0 unspecified atom stereocenters. The van der Waals surface area contributed by atoms with Gasteiger partial charge in [-0.05, 0) is 37.1 Å². The van der Waals surface area contributed by atoms with Gasteiger partial charge in [-0.2, -0.15) is 0 Å². The minimum absolute atomic E-state index is 0.257. The van der Waals surface area contributed by atoms with Crippen molar-refractivity contribution in [1.82, 2.24) is 5.32 Å². The van der Waals surface area contributed by atoms with E-state index in [1.54, 1.807) is 6.92 Å². The van der Waals surface area contributed by atoms with Gasteiger partial charge in [-0.3, -0.25) is 9.10 Å². The predicted molar refractivity (Wildman–Crippen MR) is 111 cm³/mol. The van der Waals surface area contributed by atoms with Gasteiger partial charge in [-0.25, -0.2) is 8.42 Å². The van der Waals surface area contributed by atoms with Crippen LogP contribution in [0.3, 0.4) is 0 Å². The number of nitrogens with one attached hydrogen (secondary N) is 1. The lowest BCUT2D eigenvalue weighted by Gasteiger charge is -2.30. The second-order valence-electron chi connectivity index (χ2n) is 6.32. The Labute approximate surface area is 170 Å². The molecule has 0 bridgehead atoms. The lowest BCUT2D eigenvalue weighted by atomic mass is 10.1. The van der Waals surface area contributed by atoms with Crippen LogP contribution >= 0.6 is 23.2 Å². The quantitative estimate of drug-likeness (QED) is 0.719. The molecule has 0 heterocycles. The summed E-state index contributed by atoms with van der Waals surface area (Å²) >= 11 is 12.0. The Kier molecular flexibility index (Phi) is 7.14. The number of sulfonamides is 1. The number of carbonyl (C=O) groups is 1. The Hall–Kier alpha value is -1.76. The van der Waals surface area contributed by atoms with Gasteiger partial charge in [0.25, 0.3) is 0 Å². The Morgan fingerprint density at radius 1 is 1.15 bits per heavy atom. The first-order valence-corrected chi connectivity index (χ1v) is 11.0. The molecule has 0 spiro atoms. The Morgan fingerprint density at radius 3 is 2.30 bits per heavy atom. The van der Waals surface area contributed by atoms with Gasteiger partial charge in [0.1, 0.15) is 6.04 Å². The molecule has 1 N–H and O–H groups in total. The molecular formula is C19H22Cl2N2O3S. The molecule has 5 nitrogen and oxygen atoms in total. The van der Waals surface area contributed by atoms with E-state index >= 15 is 0 Å². The average Bonchev–Trinajstić information content (AvgIpc) is 2.55. The number of halogens is 2. The van der Waals surface area contributed by atoms with E-state index in [1.807, 2.05) is 31.2 Å². The molecule has 2 aromatic rings. The average molecular weight is 429 g/mol. The summed E-state index contributed by atoms with van der Waals surface area (Å²) in [6.45, 7) is 4.03. The van der Waals surface area contributed by atoms with Crippen LogP contribution in [-0.2, 0) is 21.4 Å². The second-order valence-corrected chi connectivity index (χ2v) is 9.05. The van der Waals surface area contributed by atoms with E-state index in [-0.39, 0.29) is 18.0 Å². The number of carbonyl (C=O) groups excluding carboxylic acids is 1. The van der Waals surface area contributed by atoms with Crippen LogP contribution in [0.2, 0.25) is 10.0 Å². The number of hydrogen-bond acceptors (Lipinski definition) is 3. The summed E-state index contributed by atoms with van der Waals surface area (Å²) in [5, 5.41) is 3.40. The number of aryl methyl sites for hydroxylation is 1. The fourth-order valence-electron chi connectivity index (χ4n) is 2.86. The Balaban J connectivity index is 2.30. The van der Waals surface area contributed by atoms with E-state index in [0.29, 0.717) is 16.6 Å². The first kappa shape index (κ1) is 21.5. The van der Waals surface area contributed by atoms with Crippen LogP contribution in [0.5, 0.6) is 0 Å². The van der Waals surface area contributed by atoms with Crippen LogP contribution in [0.1, 0.15) is 24.5 Å². The highest BCUT2D eigenvalue weighted by atomic mass is 35.5. The molecule has 1 amide bonds. The third-order valence-electron chi connectivity index (χ3n) is 3.98. The third-order valence-corrected chi connectivity index (χ3v) is 5.60. The van der Waals surface area contributed by atoms with Crippen LogP contribution in [0.25, 0.3) is 0 Å². The molecule has 8 heteroatoms. The van der Waals surface area contributed by atoms with Crippen molar-refractivity contribution in [2.24, 2.45) is 0 Å². The van der Waals surface area contributed by atoms with Gasteiger partial charge >= 0.3 is 0 Å². The van der Waals surface area contributed by atoms with Gasteiger partial charge in [-0.15, -0.1) is 0 Å². The van der Waals surface area contributed by atoms with Gasteiger partial charge in [0.15, 0.2) is 0 Å². The molecule has 2 aromatic carbocycles. The van der Waals surface area contributed by atoms with E-state index in [4.69, 9.17) is 23.2 Å². The lowest BCUT2D eigenvalue weighted by molar-refractivity contribution is -0.122. The summed E-state index contributed by atoms with van der Waals surface area (Å²) in [6, 6.07) is 11.3. The predicted octanol–water partition coefficient (Wildman–Crippen LogP) is 4.16. The summed E-state index contributed by atoms with van der Waals surface area (Å²) in [6.07, 6.45) is 1.34. The molecule has 0 aliphatic heterocycles. The van der Waals surface area contributed by atoms with E-state index in [0.717, 1.165) is 21.7 Å². The second kappa shape index (κ2) is 8.95. The van der Waals surface area contributed by atoms with Crippen molar-refractivity contribution in [1.29, 1.82) is 0 Å². The van der Waals surface area contributed by atoms with Crippen molar-refractivity contribution in [2.75, 3.05) is 10.6 Å². The van der Waals surface area contributed by atoms with Gasteiger partial charge in [0, 0.05) is 16.6 Å². The first-order valence-electron chi connectivity index (χ1n) is 8.40. The summed E-state index contributed by atoms with van der Waals surface area (Å²) < 4.78 is 25.9. The monoisotopic (exact) mass is 428 g/mol. The fraction of sp³-hybridized carbons (Fsp3) is 0.316. The van der Waals surface area contributed by atoms with Crippen LogP contribution in [0, 0.1) is 6.92 Å². The lowest BCUT2D eigenvalue weighted by Crippen LogP contribution is -2.49. The summed E-state index contributed by atoms with van der Waals surface area (Å²) in [7, 11) is -3.74. The zero-order valence-corrected chi connectivity index (χ0v) is 17.7. The summed E-state index contributed by atoms with van der Waals surface area (Å²) in [5.41, 5.74) is 2.28. The molecule has 0 aliphatic carbocycles. The topological polar surface area (TPSA) is 66.5 Å². The van der Waals surface area contributed by atoms with Crippen LogP contribution in [0.15, 0.2) is 42.5 Å². The number of nitrogens with zero attached hydrogens (tertiary/aromatic N) is 1. The van der Waals surface area contributed by atoms with E-state index < -0.39 is 16.1 Å². The van der Waals surface area contributed by atoms with Gasteiger partial charge < -0.3 is 5.32 Å². The van der Waals surface area contributed by atoms with Crippen LogP contribution in [-0.4, -0.2) is 26.6 Å². The van der Waals surface area contributed by atoms with E-state index in [2.05, 4.69) is 5.32 Å². The molecule has 0 aromatic heterocycles. The molecule has 0 radical (unpaired) electrons. The minimum atomic E-state index is -3.74. The number of hydrogen-bond donors (Lipinski definition) is 1. The molecule has 146 valence electrons. The van der Waals surface area contributed by atoms with Crippen molar-refractivity contribution < 1.29 is 13.2 Å². The van der Waals surface area contributed by atoms with Crippen LogP contribution in [0.4, 0.5) is 5.69 Å². The van der Waals surface area contributed by atoms with Gasteiger partial charge in [0.2, 0.25) is 15.9 Å². The van der Waals surface area contributed by atoms with Crippen LogP contribution < -0.4 is 9.62 Å². The standard InChI is InChI=1S/C19H22Cl2N2O3S/c1-4-18(19(24)22-12-14-7-5-6-13(2)8-14)23(27(3,25)26)17-10-15(20)9-16(21)11-17/h5-11,18H,4,12H2,1-3H3,(H,22,24)/t18-/m1/s1. The first-order chi connectivity index (χ1) is 12.6. The molecule has 0 saturated carbocycles. The van der Waals surface area contributed by atoms with E-state index in [9.17, 15) is 13.2 Å². The van der Waals surface area contributed by atoms with Gasteiger partial charge in [0.05, 0.1) is 11.9 Å². The number of anilines is 1. The number of rotatable bonds is 7. The van der Waals surface area contributed by atoms with E-state index in [1.165, 1.54) is 18.2 Å². The zero-order chi connectivity index (χ0) is 20.2. The maximum Gasteiger partial charge on any atom is 0.244 e. The summed E-state index contributed by atoms with van der Waals surface area (Å²) in [5.74, 6) is -0.388. The largest absolute Gasteiger partial charge is 0.350 e. The molecular weight excluding hydrogens is 407 g/mol. The van der Waals surface area contributed by atoms with Crippen molar-refractivity contribution in [3.63, 3.8) is 0 Å². The highest BCUT2D eigenvalue weighted by molar-refractivity contribution is 7.92. The molecule has 1 atom stereocenters. The number of amides is 1. The molecule has 0 fully saturated rings. The summed E-state index contributed by atoms with van der Waals surface area (Å²) in [4.78, 5) is 12.8. The highest BCUT2D eigenvalue weighted by Gasteiger charge is 2.31. The minimum Gasteiger partial charge on any atom is -0.350 e. The van der Waals surface area contributed by atoms with Gasteiger partial charge in [-0.1, -0.05) is 60.0 Å². The van der Waals surface area contributed by atoms with Crippen molar-refractivity contribution in [3.8, 4) is 0 Å². The fourth-order valence-corrected chi connectivity index (χ4v) is 4.57. The molecule has 0 aliphatic rings. The Bertz CT molecular complexity index is 912. The normalized spacial score (nSPS) is 12.5. The van der Waals surface area contributed by atoms with Crippen molar-refractivity contribution in [3.05, 3.63) is 63.6 Å². The SMILES string of the molecule is CC[C@H](C(=O)NCc1cccc(C)c1)N(c1cc(Cl)cc(Cl)c1)S(C)(=O)=O. The smallest absolute Gasteiger partial charge is 0.244 e. The van der Waals surface area contributed by atoms with Crippen molar-refractivity contribution in [2.45, 2.75) is 32.9 Å². The molecule has 27 heavy (non-hydrogen) atoms. The molecule has 2 rings (SSSR count). The Morgan fingerprint density at radius 2 is 1.78 bits per heavy atom. The highest BCUT2D eigenvalue weighted by Crippen LogP contribution is 2.29. The molecule has 0 saturated heterocycles. The maximum atomic E-state index is 12.8. The zero-order valence-electron chi connectivity index (χ0n) is 15.4. The third kappa shape index (κ3) is 5.86. The maximum absolute atomic E-state index is 12.8. The van der Waals surface area contributed by atoms with Crippen molar-refractivity contribution >= 4 is 44.8 Å².